The Balaban J connectivity index is 1.74. The highest BCUT2D eigenvalue weighted by molar-refractivity contribution is 9.10. The SMILES string of the molecule is CN1C(=O)N(CC2CCNC2)CC1c1ccccc1Br. The summed E-state index contributed by atoms with van der Waals surface area (Å²) in [5, 5.41) is 3.37. The Morgan fingerprint density at radius 2 is 2.20 bits per heavy atom. The first kappa shape index (κ1) is 13.9. The molecule has 0 spiro atoms. The van der Waals surface area contributed by atoms with Crippen LogP contribution in [0.5, 0.6) is 0 Å². The molecule has 108 valence electrons. The van der Waals surface area contributed by atoms with Crippen molar-refractivity contribution in [1.82, 2.24) is 15.1 Å². The maximum absolute atomic E-state index is 12.4. The maximum atomic E-state index is 12.4. The van der Waals surface area contributed by atoms with E-state index in [0.717, 1.165) is 30.7 Å². The Morgan fingerprint density at radius 1 is 1.40 bits per heavy atom. The highest BCUT2D eigenvalue weighted by Gasteiger charge is 2.37. The van der Waals surface area contributed by atoms with Crippen LogP contribution in [0, 0.1) is 5.92 Å². The minimum atomic E-state index is 0.146. The molecular weight excluding hydrogens is 318 g/mol. The second kappa shape index (κ2) is 5.74. The van der Waals surface area contributed by atoms with E-state index in [1.54, 1.807) is 0 Å². The Kier molecular flexibility index (Phi) is 3.98. The van der Waals surface area contributed by atoms with Crippen LogP contribution in [0.25, 0.3) is 0 Å². The molecule has 1 N–H and O–H groups in total. The molecule has 0 radical (unpaired) electrons. The molecule has 0 aliphatic carbocycles. The Morgan fingerprint density at radius 3 is 2.90 bits per heavy atom. The van der Waals surface area contributed by atoms with E-state index in [1.165, 1.54) is 12.0 Å². The van der Waals surface area contributed by atoms with Gasteiger partial charge in [0.25, 0.3) is 0 Å². The fourth-order valence-electron chi connectivity index (χ4n) is 3.15. The largest absolute Gasteiger partial charge is 0.322 e. The Labute approximate surface area is 128 Å². The molecule has 0 bridgehead atoms. The lowest BCUT2D eigenvalue weighted by Gasteiger charge is -2.19. The Hall–Kier alpha value is -1.07. The zero-order valence-corrected chi connectivity index (χ0v) is 13.3. The summed E-state index contributed by atoms with van der Waals surface area (Å²) in [5.41, 5.74) is 1.19. The summed E-state index contributed by atoms with van der Waals surface area (Å²) in [7, 11) is 1.90. The van der Waals surface area contributed by atoms with Crippen molar-refractivity contribution in [2.75, 3.05) is 33.2 Å². The average Bonchev–Trinajstić information content (AvgIpc) is 3.04. The third-order valence-electron chi connectivity index (χ3n) is 4.34. The van der Waals surface area contributed by atoms with E-state index < -0.39 is 0 Å². The summed E-state index contributed by atoms with van der Waals surface area (Å²) in [6.45, 7) is 3.77. The van der Waals surface area contributed by atoms with E-state index in [9.17, 15) is 4.79 Å². The van der Waals surface area contributed by atoms with Crippen molar-refractivity contribution in [1.29, 1.82) is 0 Å². The number of likely N-dealkylation sites (N-methyl/N-ethyl adjacent to an activating group) is 1. The van der Waals surface area contributed by atoms with E-state index in [-0.39, 0.29) is 12.1 Å². The number of nitrogens with one attached hydrogen (secondary N) is 1. The van der Waals surface area contributed by atoms with Gasteiger partial charge in [-0.1, -0.05) is 34.1 Å². The lowest BCUT2D eigenvalue weighted by Crippen LogP contribution is -2.34. The summed E-state index contributed by atoms with van der Waals surface area (Å²) >= 11 is 3.60. The molecule has 20 heavy (non-hydrogen) atoms. The molecule has 2 aliphatic rings. The number of nitrogens with zero attached hydrogens (tertiary/aromatic N) is 2. The summed E-state index contributed by atoms with van der Waals surface area (Å²) in [6, 6.07) is 8.47. The van der Waals surface area contributed by atoms with Crippen LogP contribution in [0.2, 0.25) is 0 Å². The molecule has 4 nitrogen and oxygen atoms in total. The van der Waals surface area contributed by atoms with Gasteiger partial charge in [0.05, 0.1) is 6.04 Å². The molecule has 3 rings (SSSR count). The van der Waals surface area contributed by atoms with Crippen LogP contribution in [0.3, 0.4) is 0 Å². The highest BCUT2D eigenvalue weighted by atomic mass is 79.9. The maximum Gasteiger partial charge on any atom is 0.320 e. The van der Waals surface area contributed by atoms with Crippen LogP contribution >= 0.6 is 15.9 Å². The first-order valence-corrected chi connectivity index (χ1v) is 7.93. The molecule has 2 unspecified atom stereocenters. The summed E-state index contributed by atoms with van der Waals surface area (Å²) in [5.74, 6) is 0.602. The predicted octanol–water partition coefficient (Wildman–Crippen LogP) is 2.47. The average molecular weight is 338 g/mol. The molecule has 2 atom stereocenters. The number of hydrogen-bond donors (Lipinski definition) is 1. The van der Waals surface area contributed by atoms with Crippen LogP contribution in [-0.4, -0.2) is 49.1 Å². The lowest BCUT2D eigenvalue weighted by molar-refractivity contribution is 0.190. The van der Waals surface area contributed by atoms with Crippen LogP contribution < -0.4 is 5.32 Å². The van der Waals surface area contributed by atoms with Crippen molar-refractivity contribution in [2.24, 2.45) is 5.92 Å². The van der Waals surface area contributed by atoms with E-state index >= 15 is 0 Å². The van der Waals surface area contributed by atoms with Crippen molar-refractivity contribution in [3.05, 3.63) is 34.3 Å². The molecular formula is C15H20BrN3O. The van der Waals surface area contributed by atoms with Crippen LogP contribution in [0.1, 0.15) is 18.0 Å². The summed E-state index contributed by atoms with van der Waals surface area (Å²) in [4.78, 5) is 16.3. The van der Waals surface area contributed by atoms with E-state index in [1.807, 2.05) is 35.0 Å². The van der Waals surface area contributed by atoms with Crippen LogP contribution in [0.4, 0.5) is 4.79 Å². The molecule has 1 aromatic carbocycles. The predicted molar refractivity (Wildman–Crippen MR) is 82.6 cm³/mol. The monoisotopic (exact) mass is 337 g/mol. The summed E-state index contributed by atoms with van der Waals surface area (Å²) in [6.07, 6.45) is 1.17. The van der Waals surface area contributed by atoms with Crippen molar-refractivity contribution in [3.8, 4) is 0 Å². The van der Waals surface area contributed by atoms with Gasteiger partial charge in [-0.05, 0) is 37.1 Å². The second-order valence-corrected chi connectivity index (χ2v) is 6.55. The van der Waals surface area contributed by atoms with Gasteiger partial charge in [-0.25, -0.2) is 4.79 Å². The van der Waals surface area contributed by atoms with Crippen molar-refractivity contribution in [3.63, 3.8) is 0 Å². The zero-order chi connectivity index (χ0) is 14.1. The van der Waals surface area contributed by atoms with Gasteiger partial charge in [-0.2, -0.15) is 0 Å². The topological polar surface area (TPSA) is 35.6 Å². The molecule has 2 amide bonds. The molecule has 5 heteroatoms. The van der Waals surface area contributed by atoms with Crippen LogP contribution in [0.15, 0.2) is 28.7 Å². The van der Waals surface area contributed by atoms with Gasteiger partial charge in [0, 0.05) is 24.6 Å². The van der Waals surface area contributed by atoms with Gasteiger partial charge in [0.2, 0.25) is 0 Å². The van der Waals surface area contributed by atoms with Gasteiger partial charge in [-0.15, -0.1) is 0 Å². The first-order valence-electron chi connectivity index (χ1n) is 7.13. The summed E-state index contributed by atoms with van der Waals surface area (Å²) < 4.78 is 1.08. The Bertz CT molecular complexity index is 502. The molecule has 2 aliphatic heterocycles. The number of halogens is 1. The smallest absolute Gasteiger partial charge is 0.320 e. The fraction of sp³-hybridized carbons (Fsp3) is 0.533. The highest BCUT2D eigenvalue weighted by Crippen LogP contribution is 2.33. The second-order valence-electron chi connectivity index (χ2n) is 5.69. The van der Waals surface area contributed by atoms with Gasteiger partial charge in [0.15, 0.2) is 0 Å². The molecule has 0 saturated carbocycles. The number of amides is 2. The fourth-order valence-corrected chi connectivity index (χ4v) is 3.70. The van der Waals surface area contributed by atoms with Gasteiger partial charge >= 0.3 is 6.03 Å². The number of carbonyl (C=O) groups excluding carboxylic acids is 1. The standard InChI is InChI=1S/C15H20BrN3O/c1-18-14(12-4-2-3-5-13(12)16)10-19(15(18)20)9-11-6-7-17-8-11/h2-5,11,14,17H,6-10H2,1H3. The molecule has 0 aromatic heterocycles. The first-order chi connectivity index (χ1) is 9.66. The van der Waals surface area contributed by atoms with Gasteiger partial charge in [0.1, 0.15) is 0 Å². The van der Waals surface area contributed by atoms with Crippen molar-refractivity contribution in [2.45, 2.75) is 12.5 Å². The van der Waals surface area contributed by atoms with Gasteiger partial charge < -0.3 is 15.1 Å². The zero-order valence-electron chi connectivity index (χ0n) is 11.7. The third-order valence-corrected chi connectivity index (χ3v) is 5.06. The minimum Gasteiger partial charge on any atom is -0.322 e. The minimum absolute atomic E-state index is 0.146. The molecule has 2 saturated heterocycles. The van der Waals surface area contributed by atoms with E-state index in [2.05, 4.69) is 27.3 Å². The number of benzene rings is 1. The molecule has 1 aromatic rings. The van der Waals surface area contributed by atoms with E-state index in [4.69, 9.17) is 0 Å². The number of rotatable bonds is 3. The normalized spacial score (nSPS) is 26.6. The van der Waals surface area contributed by atoms with E-state index in [0.29, 0.717) is 5.92 Å². The lowest BCUT2D eigenvalue weighted by atomic mass is 10.1. The number of hydrogen-bond acceptors (Lipinski definition) is 2. The van der Waals surface area contributed by atoms with Crippen molar-refractivity contribution >= 4 is 22.0 Å². The van der Waals surface area contributed by atoms with Crippen molar-refractivity contribution < 1.29 is 4.79 Å². The number of carbonyl (C=O) groups is 1. The number of urea groups is 1. The molecule has 2 heterocycles. The van der Waals surface area contributed by atoms with Gasteiger partial charge in [-0.3, -0.25) is 0 Å². The molecule has 2 fully saturated rings. The van der Waals surface area contributed by atoms with Crippen LogP contribution in [-0.2, 0) is 0 Å². The third kappa shape index (κ3) is 2.56. The quantitative estimate of drug-likeness (QED) is 0.919.